The van der Waals surface area contributed by atoms with Crippen LogP contribution >= 0.6 is 23.2 Å². The molecule has 0 bridgehead atoms. The van der Waals surface area contributed by atoms with Crippen molar-refractivity contribution in [1.82, 2.24) is 0 Å². The first kappa shape index (κ1) is 16.2. The largest absolute Gasteiger partial charge is 0.298 e. The molecule has 0 aliphatic heterocycles. The second-order valence-electron chi connectivity index (χ2n) is 7.08. The third-order valence-corrected chi connectivity index (χ3v) is 5.97. The molecule has 2 fully saturated rings. The molecule has 0 amide bonds. The van der Waals surface area contributed by atoms with Gasteiger partial charge in [0.2, 0.25) is 0 Å². The van der Waals surface area contributed by atoms with E-state index in [9.17, 15) is 4.79 Å². The van der Waals surface area contributed by atoms with E-state index < -0.39 is 0 Å². The first-order valence-corrected chi connectivity index (χ1v) is 9.45. The Morgan fingerprint density at radius 2 is 1.12 bits per heavy atom. The van der Waals surface area contributed by atoms with Gasteiger partial charge in [-0.25, -0.2) is 0 Å². The summed E-state index contributed by atoms with van der Waals surface area (Å²) in [4.78, 5) is 13.6. The molecule has 2 atom stereocenters. The molecule has 0 radical (unpaired) electrons. The highest BCUT2D eigenvalue weighted by Gasteiger charge is 2.46. The molecule has 0 spiro atoms. The van der Waals surface area contributed by atoms with Crippen molar-refractivity contribution in [2.24, 2.45) is 11.8 Å². The minimum atomic E-state index is -0.0967. The van der Waals surface area contributed by atoms with Gasteiger partial charge in [0.1, 0.15) is 5.78 Å². The lowest BCUT2D eigenvalue weighted by Crippen LogP contribution is -2.24. The van der Waals surface area contributed by atoms with Gasteiger partial charge >= 0.3 is 0 Å². The Labute approximate surface area is 153 Å². The standard InChI is InChI=1S/C21H20Cl2O/c22-17-7-3-1-5-15(17)19(13-9-10-13)21(24)20(14-11-12-14)16-6-2-4-8-18(16)23/h1-8,13-14,19-20H,9-12H2. The van der Waals surface area contributed by atoms with Crippen molar-refractivity contribution in [1.29, 1.82) is 0 Å². The van der Waals surface area contributed by atoms with Crippen molar-refractivity contribution < 1.29 is 4.79 Å². The maximum Gasteiger partial charge on any atom is 0.148 e. The molecule has 24 heavy (non-hydrogen) atoms. The van der Waals surface area contributed by atoms with Gasteiger partial charge in [-0.2, -0.15) is 0 Å². The number of hydrogen-bond acceptors (Lipinski definition) is 1. The van der Waals surface area contributed by atoms with Gasteiger partial charge < -0.3 is 0 Å². The average molecular weight is 359 g/mol. The summed E-state index contributed by atoms with van der Waals surface area (Å²) >= 11 is 12.9. The van der Waals surface area contributed by atoms with Crippen LogP contribution in [0.15, 0.2) is 48.5 Å². The zero-order chi connectivity index (χ0) is 16.7. The quantitative estimate of drug-likeness (QED) is 0.596. The topological polar surface area (TPSA) is 17.1 Å². The average Bonchev–Trinajstić information content (AvgIpc) is 3.45. The summed E-state index contributed by atoms with van der Waals surface area (Å²) in [6.07, 6.45) is 4.45. The van der Waals surface area contributed by atoms with Crippen molar-refractivity contribution in [3.05, 3.63) is 69.7 Å². The number of ketones is 1. The zero-order valence-corrected chi connectivity index (χ0v) is 14.9. The Morgan fingerprint density at radius 3 is 1.46 bits per heavy atom. The molecule has 2 aromatic rings. The third kappa shape index (κ3) is 3.12. The van der Waals surface area contributed by atoms with E-state index in [1.807, 2.05) is 48.5 Å². The van der Waals surface area contributed by atoms with Gasteiger partial charge in [-0.05, 0) is 60.8 Å². The van der Waals surface area contributed by atoms with Crippen LogP contribution in [0, 0.1) is 11.8 Å². The first-order chi connectivity index (χ1) is 11.7. The molecular formula is C21H20Cl2O. The van der Waals surface area contributed by atoms with Crippen LogP contribution in [0.1, 0.15) is 48.6 Å². The number of benzene rings is 2. The van der Waals surface area contributed by atoms with Crippen LogP contribution in [0.2, 0.25) is 10.0 Å². The fourth-order valence-electron chi connectivity index (χ4n) is 3.79. The molecule has 124 valence electrons. The predicted octanol–water partition coefficient (Wildman–Crippen LogP) is 6.25. The van der Waals surface area contributed by atoms with Crippen LogP contribution in [0.5, 0.6) is 0 Å². The molecule has 0 heterocycles. The second kappa shape index (κ2) is 6.54. The number of Topliss-reactive ketones (excluding diaryl/α,β-unsaturated/α-hetero) is 1. The molecule has 0 N–H and O–H groups in total. The Balaban J connectivity index is 1.73. The van der Waals surface area contributed by atoms with Gasteiger partial charge in [0.15, 0.2) is 0 Å². The Kier molecular flexibility index (Phi) is 4.40. The van der Waals surface area contributed by atoms with Gasteiger partial charge in [0.25, 0.3) is 0 Å². The van der Waals surface area contributed by atoms with Crippen molar-refractivity contribution in [2.45, 2.75) is 37.5 Å². The SMILES string of the molecule is O=C(C(c1ccccc1Cl)C1CC1)C(c1ccccc1Cl)C1CC1. The number of halogens is 2. The van der Waals surface area contributed by atoms with Crippen molar-refractivity contribution >= 4 is 29.0 Å². The normalized spacial score (nSPS) is 19.8. The van der Waals surface area contributed by atoms with Crippen LogP contribution in [0.25, 0.3) is 0 Å². The van der Waals surface area contributed by atoms with E-state index in [0.29, 0.717) is 27.7 Å². The Hall–Kier alpha value is -1.31. The summed E-state index contributed by atoms with van der Waals surface area (Å²) in [5.41, 5.74) is 1.98. The maximum absolute atomic E-state index is 13.6. The van der Waals surface area contributed by atoms with E-state index in [-0.39, 0.29) is 11.8 Å². The molecule has 1 nitrogen and oxygen atoms in total. The smallest absolute Gasteiger partial charge is 0.148 e. The van der Waals surface area contributed by atoms with Crippen molar-refractivity contribution in [3.8, 4) is 0 Å². The summed E-state index contributed by atoms with van der Waals surface area (Å²) in [5.74, 6) is 0.977. The number of hydrogen-bond donors (Lipinski definition) is 0. The summed E-state index contributed by atoms with van der Waals surface area (Å²) in [7, 11) is 0. The van der Waals surface area contributed by atoms with E-state index in [1.165, 1.54) is 0 Å². The molecule has 2 aromatic carbocycles. The fraction of sp³-hybridized carbons (Fsp3) is 0.381. The minimum absolute atomic E-state index is 0.0967. The van der Waals surface area contributed by atoms with Crippen LogP contribution in [-0.2, 0) is 4.79 Å². The summed E-state index contributed by atoms with van der Waals surface area (Å²) in [6.45, 7) is 0. The van der Waals surface area contributed by atoms with Gasteiger partial charge in [0, 0.05) is 21.9 Å². The van der Waals surface area contributed by atoms with E-state index in [2.05, 4.69) is 0 Å². The predicted molar refractivity (Wildman–Crippen MR) is 98.8 cm³/mol. The molecular weight excluding hydrogens is 339 g/mol. The number of carbonyl (C=O) groups excluding carboxylic acids is 1. The number of carbonyl (C=O) groups is 1. The minimum Gasteiger partial charge on any atom is -0.298 e. The molecule has 2 unspecified atom stereocenters. The van der Waals surface area contributed by atoms with Crippen LogP contribution in [0.4, 0.5) is 0 Å². The van der Waals surface area contributed by atoms with E-state index in [1.54, 1.807) is 0 Å². The van der Waals surface area contributed by atoms with E-state index >= 15 is 0 Å². The van der Waals surface area contributed by atoms with Crippen molar-refractivity contribution in [3.63, 3.8) is 0 Å². The molecule has 0 aromatic heterocycles. The molecule has 4 rings (SSSR count). The zero-order valence-electron chi connectivity index (χ0n) is 13.4. The van der Waals surface area contributed by atoms with Crippen molar-refractivity contribution in [2.75, 3.05) is 0 Å². The van der Waals surface area contributed by atoms with Gasteiger partial charge in [-0.3, -0.25) is 4.79 Å². The van der Waals surface area contributed by atoms with Gasteiger partial charge in [-0.1, -0.05) is 59.6 Å². The lowest BCUT2D eigenvalue weighted by Gasteiger charge is -2.24. The van der Waals surface area contributed by atoms with E-state index in [4.69, 9.17) is 23.2 Å². The molecule has 2 aliphatic rings. The molecule has 2 saturated carbocycles. The highest BCUT2D eigenvalue weighted by molar-refractivity contribution is 6.32. The van der Waals surface area contributed by atoms with Gasteiger partial charge in [-0.15, -0.1) is 0 Å². The van der Waals surface area contributed by atoms with Crippen LogP contribution in [0.3, 0.4) is 0 Å². The monoisotopic (exact) mass is 358 g/mol. The number of rotatable bonds is 6. The molecule has 2 aliphatic carbocycles. The first-order valence-electron chi connectivity index (χ1n) is 8.69. The van der Waals surface area contributed by atoms with Gasteiger partial charge in [0.05, 0.1) is 0 Å². The Bertz CT molecular complexity index is 698. The summed E-state index contributed by atoms with van der Waals surface area (Å²) < 4.78 is 0. The molecule has 0 saturated heterocycles. The maximum atomic E-state index is 13.6. The fourth-order valence-corrected chi connectivity index (χ4v) is 4.29. The van der Waals surface area contributed by atoms with E-state index in [0.717, 1.165) is 36.8 Å². The molecule has 3 heteroatoms. The summed E-state index contributed by atoms with van der Waals surface area (Å²) in [5, 5.41) is 1.41. The lowest BCUT2D eigenvalue weighted by atomic mass is 9.79. The summed E-state index contributed by atoms with van der Waals surface area (Å²) in [6, 6.07) is 15.6. The lowest BCUT2D eigenvalue weighted by molar-refractivity contribution is -0.122. The second-order valence-corrected chi connectivity index (χ2v) is 7.89. The third-order valence-electron chi connectivity index (χ3n) is 5.28. The highest BCUT2D eigenvalue weighted by Crippen LogP contribution is 2.52. The van der Waals surface area contributed by atoms with Crippen LogP contribution < -0.4 is 0 Å². The van der Waals surface area contributed by atoms with Crippen LogP contribution in [-0.4, -0.2) is 5.78 Å². The Morgan fingerprint density at radius 1 is 0.750 bits per heavy atom. The highest BCUT2D eigenvalue weighted by atomic mass is 35.5.